The molecule has 1 rings (SSSR count). The number of aliphatic hydroxyl groups is 1. The number of halogens is 1. The molecule has 0 saturated carbocycles. The summed E-state index contributed by atoms with van der Waals surface area (Å²) in [5.74, 6) is 0.748. The molecule has 6 nitrogen and oxygen atoms in total. The lowest BCUT2D eigenvalue weighted by molar-refractivity contribution is -0.114. The van der Waals surface area contributed by atoms with Gasteiger partial charge in [-0.15, -0.1) is 0 Å². The van der Waals surface area contributed by atoms with Crippen LogP contribution in [-0.2, 0) is 4.79 Å². The molecule has 0 fully saturated rings. The predicted molar refractivity (Wildman–Crippen MR) is 104 cm³/mol. The van der Waals surface area contributed by atoms with Gasteiger partial charge in [-0.05, 0) is 39.3 Å². The van der Waals surface area contributed by atoms with Crippen LogP contribution in [0.15, 0.2) is 11.1 Å². The largest absolute Gasteiger partial charge is 0.400 e. The van der Waals surface area contributed by atoms with Gasteiger partial charge >= 0.3 is 0 Å². The van der Waals surface area contributed by atoms with Crippen molar-refractivity contribution in [3.05, 3.63) is 16.8 Å². The molecule has 138 valence electrons. The third kappa shape index (κ3) is 7.75. The first-order valence-electron chi connectivity index (χ1n) is 8.19. The molecule has 0 aliphatic carbocycles. The lowest BCUT2D eigenvalue weighted by Gasteiger charge is -2.22. The van der Waals surface area contributed by atoms with Crippen LogP contribution in [0.5, 0.6) is 0 Å². The highest BCUT2D eigenvalue weighted by atomic mass is 35.5. The van der Waals surface area contributed by atoms with Gasteiger partial charge in [0.25, 0.3) is 0 Å². The van der Waals surface area contributed by atoms with Crippen LogP contribution >= 0.6 is 11.6 Å². The number of nitrogens with zero attached hydrogens (tertiary/aromatic N) is 4. The van der Waals surface area contributed by atoms with Crippen molar-refractivity contribution in [3.8, 4) is 0 Å². The molecule has 1 N–H and O–H groups in total. The highest BCUT2D eigenvalue weighted by Gasteiger charge is 2.13. The zero-order chi connectivity index (χ0) is 19.1. The van der Waals surface area contributed by atoms with Crippen LogP contribution in [0.25, 0.3) is 0 Å². The van der Waals surface area contributed by atoms with E-state index in [0.29, 0.717) is 11.7 Å². The molecule has 0 bridgehead atoms. The maximum atomic E-state index is 10.8. The van der Waals surface area contributed by atoms with Crippen molar-refractivity contribution in [2.75, 3.05) is 31.6 Å². The molecular weight excluding hydrogens is 328 g/mol. The zero-order valence-electron chi connectivity index (χ0n) is 15.9. The van der Waals surface area contributed by atoms with E-state index in [0.717, 1.165) is 43.7 Å². The maximum absolute atomic E-state index is 10.8. The number of aliphatic imine (C=N–C) groups is 1. The van der Waals surface area contributed by atoms with Crippen LogP contribution in [0.2, 0.25) is 5.15 Å². The molecule has 0 aliphatic rings. The second kappa shape index (κ2) is 14.9. The molecule has 7 heteroatoms. The van der Waals surface area contributed by atoms with Crippen molar-refractivity contribution in [2.45, 2.75) is 41.5 Å². The molecule has 1 aromatic rings. The van der Waals surface area contributed by atoms with Crippen LogP contribution in [0.4, 0.5) is 11.5 Å². The van der Waals surface area contributed by atoms with E-state index in [1.54, 1.807) is 6.07 Å². The minimum absolute atomic E-state index is 0.450. The standard InChI is InChI=1S/C14H21ClN4O.C2H6.CH4O/c1-5-18(10-20)9-16-13-11(4)8-12(15)17-14(13)19(6-2)7-3;2*1-2/h8-10H,5-7H2,1-4H3;1-2H3;2H,1H3. The summed E-state index contributed by atoms with van der Waals surface area (Å²) in [6, 6.07) is 1.78. The van der Waals surface area contributed by atoms with E-state index in [-0.39, 0.29) is 0 Å². The monoisotopic (exact) mass is 358 g/mol. The Morgan fingerprint density at radius 3 is 2.17 bits per heavy atom. The Kier molecular flexibility index (Phi) is 15.3. The zero-order valence-corrected chi connectivity index (χ0v) is 16.6. The molecule has 0 spiro atoms. The van der Waals surface area contributed by atoms with Crippen molar-refractivity contribution < 1.29 is 9.90 Å². The summed E-state index contributed by atoms with van der Waals surface area (Å²) in [6.07, 6.45) is 2.27. The summed E-state index contributed by atoms with van der Waals surface area (Å²) in [5, 5.41) is 7.45. The van der Waals surface area contributed by atoms with Gasteiger partial charge in [-0.3, -0.25) is 4.79 Å². The summed E-state index contributed by atoms with van der Waals surface area (Å²) >= 11 is 6.04. The van der Waals surface area contributed by atoms with Gasteiger partial charge in [-0.2, -0.15) is 0 Å². The van der Waals surface area contributed by atoms with Crippen LogP contribution in [-0.4, -0.2) is 54.5 Å². The average Bonchev–Trinajstić information content (AvgIpc) is 2.62. The van der Waals surface area contributed by atoms with E-state index < -0.39 is 0 Å². The number of rotatable bonds is 7. The van der Waals surface area contributed by atoms with Gasteiger partial charge in [-0.25, -0.2) is 9.98 Å². The number of amides is 1. The number of carbonyl (C=O) groups is 1. The van der Waals surface area contributed by atoms with Gasteiger partial charge in [0.2, 0.25) is 6.41 Å². The van der Waals surface area contributed by atoms with Crippen LogP contribution < -0.4 is 4.90 Å². The topological polar surface area (TPSA) is 69.0 Å². The molecular formula is C17H31ClN4O2. The van der Waals surface area contributed by atoms with Gasteiger partial charge in [0.05, 0.1) is 6.34 Å². The minimum Gasteiger partial charge on any atom is -0.400 e. The second-order valence-corrected chi connectivity index (χ2v) is 4.67. The van der Waals surface area contributed by atoms with Gasteiger partial charge < -0.3 is 14.9 Å². The van der Waals surface area contributed by atoms with E-state index in [1.165, 1.54) is 11.2 Å². The Morgan fingerprint density at radius 2 is 1.75 bits per heavy atom. The fraction of sp³-hybridized carbons (Fsp3) is 0.588. The number of carbonyl (C=O) groups excluding carboxylic acids is 1. The average molecular weight is 359 g/mol. The number of pyridine rings is 1. The number of aromatic nitrogens is 1. The third-order valence-corrected chi connectivity index (χ3v) is 3.23. The van der Waals surface area contributed by atoms with Crippen LogP contribution in [0.3, 0.4) is 0 Å². The Bertz CT molecular complexity index is 492. The number of hydrogen-bond acceptors (Lipinski definition) is 5. The van der Waals surface area contributed by atoms with E-state index in [1.807, 2.05) is 27.7 Å². The number of anilines is 1. The van der Waals surface area contributed by atoms with E-state index in [2.05, 4.69) is 28.7 Å². The van der Waals surface area contributed by atoms with E-state index in [4.69, 9.17) is 16.7 Å². The summed E-state index contributed by atoms with van der Waals surface area (Å²) < 4.78 is 0. The highest BCUT2D eigenvalue weighted by molar-refractivity contribution is 6.29. The predicted octanol–water partition coefficient (Wildman–Crippen LogP) is 3.66. The molecule has 0 radical (unpaired) electrons. The van der Waals surface area contributed by atoms with Crippen molar-refractivity contribution in [1.29, 1.82) is 0 Å². The molecule has 0 unspecified atom stereocenters. The number of hydrogen-bond donors (Lipinski definition) is 1. The van der Waals surface area contributed by atoms with Gasteiger partial charge in [0.15, 0.2) is 5.82 Å². The quantitative estimate of drug-likeness (QED) is 0.349. The van der Waals surface area contributed by atoms with Gasteiger partial charge in [0, 0.05) is 26.7 Å². The maximum Gasteiger partial charge on any atom is 0.214 e. The van der Waals surface area contributed by atoms with Crippen molar-refractivity contribution >= 4 is 35.9 Å². The Balaban J connectivity index is 0. The number of aryl methyl sites for hydroxylation is 1. The summed E-state index contributed by atoms with van der Waals surface area (Å²) in [6.45, 7) is 14.1. The fourth-order valence-corrected chi connectivity index (χ4v) is 2.07. The molecule has 1 heterocycles. The first-order chi connectivity index (χ1) is 11.6. The van der Waals surface area contributed by atoms with Crippen LogP contribution in [0, 0.1) is 6.92 Å². The first kappa shape index (κ1) is 24.6. The Hall–Kier alpha value is -1.66. The van der Waals surface area contributed by atoms with Crippen molar-refractivity contribution in [1.82, 2.24) is 9.88 Å². The molecule has 0 aliphatic heterocycles. The van der Waals surface area contributed by atoms with Gasteiger partial charge in [-0.1, -0.05) is 25.4 Å². The summed E-state index contributed by atoms with van der Waals surface area (Å²) in [4.78, 5) is 23.2. The van der Waals surface area contributed by atoms with E-state index >= 15 is 0 Å². The minimum atomic E-state index is 0.450. The molecule has 24 heavy (non-hydrogen) atoms. The number of aliphatic hydroxyl groups excluding tert-OH is 1. The first-order valence-corrected chi connectivity index (χ1v) is 8.57. The lowest BCUT2D eigenvalue weighted by Crippen LogP contribution is -2.23. The lowest BCUT2D eigenvalue weighted by atomic mass is 10.2. The Labute approximate surface area is 151 Å². The molecule has 1 aromatic heterocycles. The fourth-order valence-electron chi connectivity index (χ4n) is 1.83. The molecule has 0 saturated heterocycles. The molecule has 1 amide bonds. The third-order valence-electron chi connectivity index (χ3n) is 3.03. The molecule has 0 aromatic carbocycles. The molecule has 0 atom stereocenters. The summed E-state index contributed by atoms with van der Waals surface area (Å²) in [5.41, 5.74) is 1.68. The summed E-state index contributed by atoms with van der Waals surface area (Å²) in [7, 11) is 1.00. The van der Waals surface area contributed by atoms with E-state index in [9.17, 15) is 4.79 Å². The highest BCUT2D eigenvalue weighted by Crippen LogP contribution is 2.32. The Morgan fingerprint density at radius 1 is 1.21 bits per heavy atom. The van der Waals surface area contributed by atoms with Crippen molar-refractivity contribution in [3.63, 3.8) is 0 Å². The smallest absolute Gasteiger partial charge is 0.214 e. The normalized spacial score (nSPS) is 9.54. The van der Waals surface area contributed by atoms with Gasteiger partial charge in [0.1, 0.15) is 10.8 Å². The second-order valence-electron chi connectivity index (χ2n) is 4.29. The van der Waals surface area contributed by atoms with Crippen molar-refractivity contribution in [2.24, 2.45) is 4.99 Å². The van der Waals surface area contributed by atoms with Crippen LogP contribution in [0.1, 0.15) is 40.2 Å². The SMILES string of the molecule is CC.CCN(C=O)C=Nc1c(C)cc(Cl)nc1N(CC)CC.CO.